The highest BCUT2D eigenvalue weighted by Crippen LogP contribution is 2.32. The number of hydrogen-bond donors (Lipinski definition) is 1. The Labute approximate surface area is 104 Å². The SMILES string of the molecule is CCN(CCNC(C)C1CC1)CC(F)(F)CC. The van der Waals surface area contributed by atoms with Crippen molar-refractivity contribution in [1.82, 2.24) is 10.2 Å². The van der Waals surface area contributed by atoms with Gasteiger partial charge in [0.05, 0.1) is 6.54 Å². The molecule has 0 aromatic carbocycles. The maximum absolute atomic E-state index is 13.3. The average molecular weight is 248 g/mol. The molecule has 0 amide bonds. The van der Waals surface area contributed by atoms with Crippen LogP contribution in [0.15, 0.2) is 0 Å². The lowest BCUT2D eigenvalue weighted by Gasteiger charge is -2.26. The highest BCUT2D eigenvalue weighted by Gasteiger charge is 2.29. The first-order chi connectivity index (χ1) is 7.98. The molecule has 0 heterocycles. The standard InChI is InChI=1S/C13H26F2N2/c1-4-13(14,15)10-17(5-2)9-8-16-11(3)12-6-7-12/h11-12,16H,4-10H2,1-3H3. The molecule has 1 rings (SSSR count). The van der Waals surface area contributed by atoms with Gasteiger partial charge in [-0.15, -0.1) is 0 Å². The molecule has 1 atom stereocenters. The van der Waals surface area contributed by atoms with E-state index in [-0.39, 0.29) is 13.0 Å². The molecule has 102 valence electrons. The normalized spacial score (nSPS) is 18.7. The van der Waals surface area contributed by atoms with Crippen LogP contribution in [0.25, 0.3) is 0 Å². The molecule has 1 aliphatic rings. The van der Waals surface area contributed by atoms with Crippen molar-refractivity contribution >= 4 is 0 Å². The van der Waals surface area contributed by atoms with Crippen molar-refractivity contribution in [3.63, 3.8) is 0 Å². The fourth-order valence-electron chi connectivity index (χ4n) is 2.00. The zero-order valence-electron chi connectivity index (χ0n) is 11.3. The molecule has 0 aromatic heterocycles. The molecule has 1 saturated carbocycles. The summed E-state index contributed by atoms with van der Waals surface area (Å²) < 4.78 is 26.5. The number of nitrogens with zero attached hydrogens (tertiary/aromatic N) is 1. The lowest BCUT2D eigenvalue weighted by Crippen LogP contribution is -2.41. The minimum absolute atomic E-state index is 0.0740. The van der Waals surface area contributed by atoms with Gasteiger partial charge in [-0.05, 0) is 32.2 Å². The van der Waals surface area contributed by atoms with Crippen molar-refractivity contribution in [3.8, 4) is 0 Å². The van der Waals surface area contributed by atoms with Crippen LogP contribution in [0, 0.1) is 5.92 Å². The smallest absolute Gasteiger partial charge is 0.260 e. The zero-order chi connectivity index (χ0) is 12.9. The van der Waals surface area contributed by atoms with Gasteiger partial charge in [0.25, 0.3) is 5.92 Å². The summed E-state index contributed by atoms with van der Waals surface area (Å²) in [6, 6.07) is 0.542. The van der Waals surface area contributed by atoms with E-state index in [2.05, 4.69) is 12.2 Å². The fourth-order valence-corrected chi connectivity index (χ4v) is 2.00. The van der Waals surface area contributed by atoms with Gasteiger partial charge in [0.2, 0.25) is 0 Å². The topological polar surface area (TPSA) is 15.3 Å². The van der Waals surface area contributed by atoms with Gasteiger partial charge < -0.3 is 5.32 Å². The molecule has 1 aliphatic carbocycles. The molecule has 2 nitrogen and oxygen atoms in total. The van der Waals surface area contributed by atoms with E-state index in [0.717, 1.165) is 12.5 Å². The van der Waals surface area contributed by atoms with E-state index in [1.807, 2.05) is 11.8 Å². The first-order valence-corrected chi connectivity index (χ1v) is 6.82. The van der Waals surface area contributed by atoms with Crippen LogP contribution in [0.5, 0.6) is 0 Å². The quantitative estimate of drug-likeness (QED) is 0.675. The van der Waals surface area contributed by atoms with E-state index in [1.165, 1.54) is 12.8 Å². The molecule has 1 N–H and O–H groups in total. The number of nitrogens with one attached hydrogen (secondary N) is 1. The molecule has 0 bridgehead atoms. The third-order valence-electron chi connectivity index (χ3n) is 3.64. The van der Waals surface area contributed by atoms with Crippen molar-refractivity contribution in [1.29, 1.82) is 0 Å². The maximum atomic E-state index is 13.3. The Kier molecular flexibility index (Phi) is 5.80. The van der Waals surface area contributed by atoms with Crippen LogP contribution in [0.2, 0.25) is 0 Å². The van der Waals surface area contributed by atoms with E-state index in [4.69, 9.17) is 0 Å². The second-order valence-corrected chi connectivity index (χ2v) is 5.16. The molecule has 1 fully saturated rings. The van der Waals surface area contributed by atoms with Crippen LogP contribution in [-0.4, -0.2) is 43.0 Å². The van der Waals surface area contributed by atoms with Crippen LogP contribution in [0.4, 0.5) is 8.78 Å². The van der Waals surface area contributed by atoms with Crippen LogP contribution in [0.3, 0.4) is 0 Å². The molecule has 0 aliphatic heterocycles. The van der Waals surface area contributed by atoms with E-state index in [0.29, 0.717) is 19.1 Å². The first-order valence-electron chi connectivity index (χ1n) is 6.82. The van der Waals surface area contributed by atoms with Crippen LogP contribution in [0.1, 0.15) is 40.0 Å². The highest BCUT2D eigenvalue weighted by atomic mass is 19.3. The summed E-state index contributed by atoms with van der Waals surface area (Å²) in [5.74, 6) is -1.72. The molecule has 0 aromatic rings. The summed E-state index contributed by atoms with van der Waals surface area (Å²) in [6.07, 6.45) is 2.56. The van der Waals surface area contributed by atoms with Crippen molar-refractivity contribution in [2.75, 3.05) is 26.2 Å². The van der Waals surface area contributed by atoms with E-state index >= 15 is 0 Å². The Morgan fingerprint density at radius 3 is 2.47 bits per heavy atom. The second kappa shape index (κ2) is 6.64. The average Bonchev–Trinajstić information content (AvgIpc) is 3.11. The van der Waals surface area contributed by atoms with Gasteiger partial charge in [0.1, 0.15) is 0 Å². The summed E-state index contributed by atoms with van der Waals surface area (Å²) in [6.45, 7) is 7.77. The van der Waals surface area contributed by atoms with Gasteiger partial charge >= 0.3 is 0 Å². The van der Waals surface area contributed by atoms with Crippen molar-refractivity contribution in [2.45, 2.75) is 52.0 Å². The molecule has 0 spiro atoms. The van der Waals surface area contributed by atoms with E-state index < -0.39 is 5.92 Å². The highest BCUT2D eigenvalue weighted by molar-refractivity contribution is 4.83. The predicted octanol–water partition coefficient (Wildman–Crippen LogP) is 2.74. The molecule has 1 unspecified atom stereocenters. The Morgan fingerprint density at radius 1 is 1.35 bits per heavy atom. The largest absolute Gasteiger partial charge is 0.313 e. The van der Waals surface area contributed by atoms with E-state index in [1.54, 1.807) is 6.92 Å². The number of hydrogen-bond acceptors (Lipinski definition) is 2. The molecule has 0 radical (unpaired) electrons. The minimum Gasteiger partial charge on any atom is -0.313 e. The molecule has 0 saturated heterocycles. The monoisotopic (exact) mass is 248 g/mol. The van der Waals surface area contributed by atoms with Crippen LogP contribution in [-0.2, 0) is 0 Å². The van der Waals surface area contributed by atoms with Gasteiger partial charge in [-0.25, -0.2) is 8.78 Å². The summed E-state index contributed by atoms with van der Waals surface area (Å²) in [4.78, 5) is 1.83. The van der Waals surface area contributed by atoms with Crippen molar-refractivity contribution in [3.05, 3.63) is 0 Å². The first kappa shape index (κ1) is 14.8. The maximum Gasteiger partial charge on any atom is 0.260 e. The Hall–Kier alpha value is -0.220. The molecule has 17 heavy (non-hydrogen) atoms. The van der Waals surface area contributed by atoms with Crippen molar-refractivity contribution in [2.24, 2.45) is 5.92 Å². The van der Waals surface area contributed by atoms with Crippen LogP contribution < -0.4 is 5.32 Å². The predicted molar refractivity (Wildman–Crippen MR) is 67.5 cm³/mol. The summed E-state index contributed by atoms with van der Waals surface area (Å²) >= 11 is 0. The summed E-state index contributed by atoms with van der Waals surface area (Å²) in [5.41, 5.74) is 0. The number of likely N-dealkylation sites (N-methyl/N-ethyl adjacent to an activating group) is 1. The lowest BCUT2D eigenvalue weighted by atomic mass is 10.2. The van der Waals surface area contributed by atoms with Gasteiger partial charge in [-0.1, -0.05) is 13.8 Å². The second-order valence-electron chi connectivity index (χ2n) is 5.16. The fraction of sp³-hybridized carbons (Fsp3) is 1.00. The minimum atomic E-state index is -2.54. The number of halogens is 2. The number of alkyl halides is 2. The summed E-state index contributed by atoms with van der Waals surface area (Å²) in [5, 5.41) is 3.43. The number of rotatable bonds is 9. The van der Waals surface area contributed by atoms with Crippen LogP contribution >= 0.6 is 0 Å². The van der Waals surface area contributed by atoms with Gasteiger partial charge in [0, 0.05) is 25.6 Å². The Balaban J connectivity index is 2.17. The van der Waals surface area contributed by atoms with Gasteiger partial charge in [-0.2, -0.15) is 0 Å². The molecular weight excluding hydrogens is 222 g/mol. The third kappa shape index (κ3) is 5.77. The summed E-state index contributed by atoms with van der Waals surface area (Å²) in [7, 11) is 0. The van der Waals surface area contributed by atoms with Gasteiger partial charge in [-0.3, -0.25) is 4.90 Å². The van der Waals surface area contributed by atoms with Gasteiger partial charge in [0.15, 0.2) is 0 Å². The third-order valence-corrected chi connectivity index (χ3v) is 3.64. The van der Waals surface area contributed by atoms with E-state index in [9.17, 15) is 8.78 Å². The zero-order valence-corrected chi connectivity index (χ0v) is 11.3. The molecule has 4 heteroatoms. The molecular formula is C13H26F2N2. The lowest BCUT2D eigenvalue weighted by molar-refractivity contribution is -0.0339. The van der Waals surface area contributed by atoms with Crippen molar-refractivity contribution < 1.29 is 8.78 Å². The Bertz CT molecular complexity index is 217. The Morgan fingerprint density at radius 2 is 2.00 bits per heavy atom.